The first-order valence-electron chi connectivity index (χ1n) is 11.5. The van der Waals surface area contributed by atoms with Crippen molar-refractivity contribution in [3.8, 4) is 0 Å². The molecular formula is C23H32N4O4S2. The lowest BCUT2D eigenvalue weighted by Gasteiger charge is -2.26. The molecule has 4 rings (SSSR count). The maximum atomic E-state index is 13.0. The molecule has 1 aliphatic carbocycles. The Morgan fingerprint density at radius 1 is 1.21 bits per heavy atom. The molecule has 1 saturated carbocycles. The number of anilines is 1. The second kappa shape index (κ2) is 10.2. The summed E-state index contributed by atoms with van der Waals surface area (Å²) in [5.41, 5.74) is 2.63. The summed E-state index contributed by atoms with van der Waals surface area (Å²) in [4.78, 5) is 17.9. The summed E-state index contributed by atoms with van der Waals surface area (Å²) in [6, 6.07) is 6.89. The van der Waals surface area contributed by atoms with E-state index in [-0.39, 0.29) is 16.1 Å². The summed E-state index contributed by atoms with van der Waals surface area (Å²) in [5.74, 6) is -0.183. The van der Waals surface area contributed by atoms with Crippen LogP contribution >= 0.6 is 11.8 Å². The van der Waals surface area contributed by atoms with Crippen molar-refractivity contribution in [3.05, 3.63) is 35.7 Å². The molecular weight excluding hydrogens is 460 g/mol. The van der Waals surface area contributed by atoms with Crippen LogP contribution in [-0.4, -0.2) is 59.7 Å². The van der Waals surface area contributed by atoms with Crippen LogP contribution in [0.5, 0.6) is 0 Å². The molecule has 1 amide bonds. The van der Waals surface area contributed by atoms with Crippen molar-refractivity contribution in [3.63, 3.8) is 0 Å². The van der Waals surface area contributed by atoms with Gasteiger partial charge in [-0.1, -0.05) is 30.7 Å². The van der Waals surface area contributed by atoms with Gasteiger partial charge in [0.25, 0.3) is 0 Å². The van der Waals surface area contributed by atoms with Crippen LogP contribution in [-0.2, 0) is 19.6 Å². The Balaban J connectivity index is 1.46. The van der Waals surface area contributed by atoms with Crippen LogP contribution in [0.4, 0.5) is 5.69 Å². The summed E-state index contributed by atoms with van der Waals surface area (Å²) in [7, 11) is -3.62. The number of hydrogen-bond acceptors (Lipinski definition) is 6. The number of aryl methyl sites for hydroxylation is 1. The third-order valence-electron chi connectivity index (χ3n) is 6.41. The molecule has 1 aromatic heterocycles. The average Bonchev–Trinajstić information content (AvgIpc) is 3.42. The van der Waals surface area contributed by atoms with Crippen LogP contribution in [0.15, 0.2) is 34.3 Å². The lowest BCUT2D eigenvalue weighted by atomic mass is 10.2. The van der Waals surface area contributed by atoms with E-state index >= 15 is 0 Å². The van der Waals surface area contributed by atoms with Crippen LogP contribution in [0.2, 0.25) is 0 Å². The van der Waals surface area contributed by atoms with Crippen molar-refractivity contribution in [1.29, 1.82) is 0 Å². The summed E-state index contributed by atoms with van der Waals surface area (Å²) >= 11 is 1.45. The average molecular weight is 493 g/mol. The Morgan fingerprint density at radius 2 is 1.91 bits per heavy atom. The number of carbonyl (C=O) groups excluding carboxylic acids is 1. The van der Waals surface area contributed by atoms with Crippen LogP contribution in [0.25, 0.3) is 0 Å². The van der Waals surface area contributed by atoms with E-state index in [1.807, 2.05) is 13.8 Å². The van der Waals surface area contributed by atoms with Gasteiger partial charge in [-0.2, -0.15) is 4.31 Å². The third kappa shape index (κ3) is 5.29. The Bertz CT molecular complexity index is 1100. The minimum Gasteiger partial charge on any atom is -0.379 e. The number of hydrogen-bond donors (Lipinski definition) is 1. The quantitative estimate of drug-likeness (QED) is 0.592. The van der Waals surface area contributed by atoms with Crippen molar-refractivity contribution in [2.75, 3.05) is 31.6 Å². The Hall–Kier alpha value is -1.88. The highest BCUT2D eigenvalue weighted by Gasteiger charge is 2.28. The number of sulfonamides is 1. The van der Waals surface area contributed by atoms with Crippen molar-refractivity contribution < 1.29 is 17.9 Å². The van der Waals surface area contributed by atoms with Crippen LogP contribution in [0.1, 0.15) is 50.0 Å². The van der Waals surface area contributed by atoms with E-state index in [0.717, 1.165) is 29.4 Å². The predicted octanol–water partition coefficient (Wildman–Crippen LogP) is 3.76. The molecule has 0 spiro atoms. The summed E-state index contributed by atoms with van der Waals surface area (Å²) < 4.78 is 34.9. The first kappa shape index (κ1) is 24.3. The van der Waals surface area contributed by atoms with Gasteiger partial charge in [0.1, 0.15) is 0 Å². The van der Waals surface area contributed by atoms with Crippen molar-refractivity contribution in [2.24, 2.45) is 0 Å². The van der Waals surface area contributed by atoms with Crippen molar-refractivity contribution in [2.45, 2.75) is 67.8 Å². The topological polar surface area (TPSA) is 93.5 Å². The maximum absolute atomic E-state index is 13.0. The molecule has 2 heterocycles. The number of ether oxygens (including phenoxy) is 1. The molecule has 1 aliphatic heterocycles. The second-order valence-electron chi connectivity index (χ2n) is 8.67. The van der Waals surface area contributed by atoms with Gasteiger partial charge in [-0.25, -0.2) is 13.4 Å². The highest BCUT2D eigenvalue weighted by Crippen LogP contribution is 2.36. The molecule has 1 saturated heterocycles. The third-order valence-corrected chi connectivity index (χ3v) is 9.37. The smallest absolute Gasteiger partial charge is 0.243 e. The molecule has 2 aromatic rings. The highest BCUT2D eigenvalue weighted by molar-refractivity contribution is 8.00. The zero-order valence-corrected chi connectivity index (χ0v) is 21.0. The van der Waals surface area contributed by atoms with Gasteiger partial charge in [0.05, 0.1) is 29.1 Å². The van der Waals surface area contributed by atoms with Crippen LogP contribution in [0, 0.1) is 13.8 Å². The molecule has 1 atom stereocenters. The van der Waals surface area contributed by atoms with E-state index < -0.39 is 10.0 Å². The number of amides is 1. The van der Waals surface area contributed by atoms with Gasteiger partial charge in [-0.05, 0) is 51.8 Å². The predicted molar refractivity (Wildman–Crippen MR) is 129 cm³/mol. The molecule has 180 valence electrons. The van der Waals surface area contributed by atoms with Gasteiger partial charge >= 0.3 is 0 Å². The largest absolute Gasteiger partial charge is 0.379 e. The number of carbonyl (C=O) groups is 1. The fourth-order valence-corrected chi connectivity index (χ4v) is 6.92. The summed E-state index contributed by atoms with van der Waals surface area (Å²) in [6.07, 6.45) is 4.75. The lowest BCUT2D eigenvalue weighted by molar-refractivity contribution is -0.115. The number of nitrogens with one attached hydrogen (secondary N) is 1. The van der Waals surface area contributed by atoms with E-state index in [1.165, 1.54) is 35.0 Å². The number of morpholine rings is 1. The number of benzene rings is 1. The monoisotopic (exact) mass is 492 g/mol. The van der Waals surface area contributed by atoms with E-state index in [4.69, 9.17) is 9.72 Å². The molecule has 10 heteroatoms. The molecule has 2 aliphatic rings. The Kier molecular flexibility index (Phi) is 7.47. The second-order valence-corrected chi connectivity index (χ2v) is 11.9. The zero-order valence-electron chi connectivity index (χ0n) is 19.4. The van der Waals surface area contributed by atoms with Gasteiger partial charge in [-0.15, -0.1) is 0 Å². The van der Waals surface area contributed by atoms with E-state index in [9.17, 15) is 13.2 Å². The number of imidazole rings is 1. The molecule has 1 aromatic carbocycles. The molecule has 0 bridgehead atoms. The summed E-state index contributed by atoms with van der Waals surface area (Å²) in [6.45, 7) is 7.40. The van der Waals surface area contributed by atoms with Gasteiger partial charge in [0.2, 0.25) is 15.9 Å². The fraction of sp³-hybridized carbons (Fsp3) is 0.565. The van der Waals surface area contributed by atoms with Gasteiger partial charge < -0.3 is 14.6 Å². The fourth-order valence-electron chi connectivity index (χ4n) is 4.40. The first-order valence-corrected chi connectivity index (χ1v) is 13.8. The number of nitrogens with zero attached hydrogens (tertiary/aromatic N) is 3. The number of aromatic nitrogens is 2. The van der Waals surface area contributed by atoms with Crippen LogP contribution < -0.4 is 5.32 Å². The standard InChI is InChI=1S/C23H32N4O4S2/c1-16-17(2)27(20-8-4-5-9-20)23(24-16)32-18(3)22(28)25-19-7-6-10-21(15-19)33(29,30)26-11-13-31-14-12-26/h6-7,10,15,18,20H,4-5,8-9,11-14H2,1-3H3,(H,25,28). The lowest BCUT2D eigenvalue weighted by Crippen LogP contribution is -2.40. The van der Waals surface area contributed by atoms with Gasteiger partial charge in [-0.3, -0.25) is 4.79 Å². The Morgan fingerprint density at radius 3 is 2.61 bits per heavy atom. The van der Waals surface area contributed by atoms with Gasteiger partial charge in [0.15, 0.2) is 5.16 Å². The van der Waals surface area contributed by atoms with Gasteiger partial charge in [0, 0.05) is 30.5 Å². The van der Waals surface area contributed by atoms with Crippen LogP contribution in [0.3, 0.4) is 0 Å². The number of rotatable bonds is 7. The molecule has 33 heavy (non-hydrogen) atoms. The molecule has 2 fully saturated rings. The highest BCUT2D eigenvalue weighted by atomic mass is 32.2. The molecule has 8 nitrogen and oxygen atoms in total. The van der Waals surface area contributed by atoms with Crippen molar-refractivity contribution >= 4 is 33.4 Å². The maximum Gasteiger partial charge on any atom is 0.243 e. The Labute approximate surface area is 200 Å². The molecule has 1 unspecified atom stereocenters. The minimum atomic E-state index is -3.62. The zero-order chi connectivity index (χ0) is 23.6. The SMILES string of the molecule is Cc1nc(SC(C)C(=O)Nc2cccc(S(=O)(=O)N3CCOCC3)c2)n(C2CCCC2)c1C. The minimum absolute atomic E-state index is 0.172. The molecule has 0 radical (unpaired) electrons. The normalized spacial score (nSPS) is 19.0. The number of thioether (sulfide) groups is 1. The molecule has 1 N–H and O–H groups in total. The van der Waals surface area contributed by atoms with Crippen molar-refractivity contribution in [1.82, 2.24) is 13.9 Å². The van der Waals surface area contributed by atoms with E-state index in [1.54, 1.807) is 18.2 Å². The summed E-state index contributed by atoms with van der Waals surface area (Å²) in [5, 5.41) is 3.38. The van der Waals surface area contributed by atoms with E-state index in [0.29, 0.717) is 38.0 Å². The first-order chi connectivity index (χ1) is 15.8. The van der Waals surface area contributed by atoms with E-state index in [2.05, 4.69) is 16.8 Å².